The number of aryl methyl sites for hydroxylation is 1. The molecule has 0 bridgehead atoms. The Kier molecular flexibility index (Phi) is 5.49. The van der Waals surface area contributed by atoms with Gasteiger partial charge in [0.25, 0.3) is 5.56 Å². The molecule has 2 aromatic heterocycles. The third-order valence-electron chi connectivity index (χ3n) is 5.69. The van der Waals surface area contributed by atoms with Crippen molar-refractivity contribution in [3.63, 3.8) is 0 Å². The average Bonchev–Trinajstić information content (AvgIpc) is 3.52. The van der Waals surface area contributed by atoms with Crippen molar-refractivity contribution in [3.05, 3.63) is 88.5 Å². The van der Waals surface area contributed by atoms with Crippen molar-refractivity contribution in [2.24, 2.45) is 0 Å². The summed E-state index contributed by atoms with van der Waals surface area (Å²) in [6, 6.07) is 15.7. The molecule has 1 N–H and O–H groups in total. The van der Waals surface area contributed by atoms with Crippen LogP contribution < -0.4 is 10.9 Å². The number of fused-ring (bicyclic) bond motifs is 1. The van der Waals surface area contributed by atoms with Gasteiger partial charge in [0.2, 0.25) is 5.91 Å². The van der Waals surface area contributed by atoms with E-state index in [1.165, 1.54) is 6.33 Å². The summed E-state index contributed by atoms with van der Waals surface area (Å²) in [5, 5.41) is 7.71. The third-order valence-corrected chi connectivity index (χ3v) is 5.69. The van der Waals surface area contributed by atoms with Crippen molar-refractivity contribution in [1.29, 1.82) is 0 Å². The predicted octanol–water partition coefficient (Wildman–Crippen LogP) is 2.62. The molecule has 8 nitrogen and oxygen atoms in total. The summed E-state index contributed by atoms with van der Waals surface area (Å²) >= 11 is 0. The lowest BCUT2D eigenvalue weighted by atomic mass is 10.1. The fraction of sp³-hybridized carbons (Fsp3) is 0.292. The van der Waals surface area contributed by atoms with E-state index < -0.39 is 0 Å². The number of benzene rings is 2. The van der Waals surface area contributed by atoms with Gasteiger partial charge < -0.3 is 5.32 Å². The van der Waals surface area contributed by atoms with Crippen LogP contribution in [0.1, 0.15) is 42.3 Å². The number of nitrogens with one attached hydrogen (secondary N) is 1. The smallest absolute Gasteiger partial charge is 0.261 e. The van der Waals surface area contributed by atoms with Crippen LogP contribution in [-0.2, 0) is 24.3 Å². The SMILES string of the molecule is O=C(CCc1nc2ccccc2c(=O)n1C1CC1)NCc1ccc(Cn2cncn2)cc1. The molecule has 0 spiro atoms. The second-order valence-electron chi connectivity index (χ2n) is 8.14. The molecular formula is C24H24N6O2. The van der Waals surface area contributed by atoms with Gasteiger partial charge in [-0.05, 0) is 36.1 Å². The van der Waals surface area contributed by atoms with Gasteiger partial charge in [-0.15, -0.1) is 0 Å². The van der Waals surface area contributed by atoms with E-state index in [9.17, 15) is 9.59 Å². The zero-order chi connectivity index (χ0) is 21.9. The first kappa shape index (κ1) is 20.1. The minimum atomic E-state index is -0.0542. The molecule has 1 fully saturated rings. The molecule has 0 atom stereocenters. The van der Waals surface area contributed by atoms with Gasteiger partial charge in [-0.1, -0.05) is 36.4 Å². The number of rotatable bonds is 8. The highest BCUT2D eigenvalue weighted by Crippen LogP contribution is 2.34. The Balaban J connectivity index is 1.20. The van der Waals surface area contributed by atoms with Crippen LogP contribution in [0.2, 0.25) is 0 Å². The molecule has 0 saturated heterocycles. The van der Waals surface area contributed by atoms with Crippen LogP contribution in [0, 0.1) is 0 Å². The monoisotopic (exact) mass is 428 g/mol. The molecule has 1 aliphatic carbocycles. The molecule has 162 valence electrons. The second kappa shape index (κ2) is 8.74. The molecule has 2 aromatic carbocycles. The maximum absolute atomic E-state index is 12.9. The van der Waals surface area contributed by atoms with Crippen molar-refractivity contribution in [2.45, 2.75) is 44.8 Å². The van der Waals surface area contributed by atoms with Crippen molar-refractivity contribution >= 4 is 16.8 Å². The molecule has 0 radical (unpaired) electrons. The molecule has 0 aliphatic heterocycles. The normalized spacial score (nSPS) is 13.4. The first-order chi connectivity index (χ1) is 15.7. The Bertz CT molecular complexity index is 1290. The summed E-state index contributed by atoms with van der Waals surface area (Å²) in [5.41, 5.74) is 2.83. The number of hydrogen-bond acceptors (Lipinski definition) is 5. The molecular weight excluding hydrogens is 404 g/mol. The topological polar surface area (TPSA) is 94.7 Å². The van der Waals surface area contributed by atoms with E-state index in [1.54, 1.807) is 15.6 Å². The van der Waals surface area contributed by atoms with E-state index >= 15 is 0 Å². The highest BCUT2D eigenvalue weighted by Gasteiger charge is 2.28. The Morgan fingerprint density at radius 2 is 1.84 bits per heavy atom. The van der Waals surface area contributed by atoms with Gasteiger partial charge in [-0.3, -0.25) is 14.2 Å². The van der Waals surface area contributed by atoms with E-state index in [-0.39, 0.29) is 17.5 Å². The van der Waals surface area contributed by atoms with E-state index in [2.05, 4.69) is 15.4 Å². The fourth-order valence-electron chi connectivity index (χ4n) is 3.86. The van der Waals surface area contributed by atoms with Crippen molar-refractivity contribution in [3.8, 4) is 0 Å². The van der Waals surface area contributed by atoms with Crippen LogP contribution >= 0.6 is 0 Å². The number of nitrogens with zero attached hydrogens (tertiary/aromatic N) is 5. The predicted molar refractivity (Wildman–Crippen MR) is 120 cm³/mol. The highest BCUT2D eigenvalue weighted by atomic mass is 16.1. The minimum absolute atomic E-state index is 0.000471. The highest BCUT2D eigenvalue weighted by molar-refractivity contribution is 5.78. The number of carbonyl (C=O) groups is 1. The lowest BCUT2D eigenvalue weighted by Crippen LogP contribution is -2.27. The Morgan fingerprint density at radius 1 is 1.06 bits per heavy atom. The quantitative estimate of drug-likeness (QED) is 0.466. The summed E-state index contributed by atoms with van der Waals surface area (Å²) in [4.78, 5) is 34.0. The Hall–Kier alpha value is -3.81. The second-order valence-corrected chi connectivity index (χ2v) is 8.14. The number of hydrogen-bond donors (Lipinski definition) is 1. The van der Waals surface area contributed by atoms with Crippen LogP contribution in [0.4, 0.5) is 0 Å². The van der Waals surface area contributed by atoms with E-state index in [4.69, 9.17) is 4.98 Å². The first-order valence-electron chi connectivity index (χ1n) is 10.8. The van der Waals surface area contributed by atoms with Crippen molar-refractivity contribution < 1.29 is 4.79 Å². The molecule has 4 aromatic rings. The van der Waals surface area contributed by atoms with Gasteiger partial charge in [0.05, 0.1) is 17.4 Å². The van der Waals surface area contributed by atoms with Gasteiger partial charge in [0, 0.05) is 25.4 Å². The number of carbonyl (C=O) groups excluding carboxylic acids is 1. The Morgan fingerprint density at radius 3 is 2.59 bits per heavy atom. The van der Waals surface area contributed by atoms with E-state index in [0.29, 0.717) is 42.7 Å². The van der Waals surface area contributed by atoms with E-state index in [0.717, 1.165) is 24.0 Å². The van der Waals surface area contributed by atoms with Gasteiger partial charge in [-0.2, -0.15) is 5.10 Å². The average molecular weight is 428 g/mol. The van der Waals surface area contributed by atoms with Crippen molar-refractivity contribution in [1.82, 2.24) is 29.6 Å². The van der Waals surface area contributed by atoms with Gasteiger partial charge in [-0.25, -0.2) is 14.6 Å². The van der Waals surface area contributed by atoms with Crippen LogP contribution in [-0.4, -0.2) is 30.2 Å². The minimum Gasteiger partial charge on any atom is -0.352 e. The van der Waals surface area contributed by atoms with Crippen molar-refractivity contribution in [2.75, 3.05) is 0 Å². The molecule has 2 heterocycles. The molecule has 8 heteroatoms. The Labute approximate surface area is 184 Å². The summed E-state index contributed by atoms with van der Waals surface area (Å²) < 4.78 is 3.56. The van der Waals surface area contributed by atoms with Gasteiger partial charge in [0.1, 0.15) is 18.5 Å². The lowest BCUT2D eigenvalue weighted by Gasteiger charge is -2.13. The largest absolute Gasteiger partial charge is 0.352 e. The lowest BCUT2D eigenvalue weighted by molar-refractivity contribution is -0.121. The maximum Gasteiger partial charge on any atom is 0.261 e. The number of para-hydroxylation sites is 1. The zero-order valence-corrected chi connectivity index (χ0v) is 17.6. The number of aromatic nitrogens is 5. The number of amides is 1. The summed E-state index contributed by atoms with van der Waals surface area (Å²) in [6.45, 7) is 1.12. The van der Waals surface area contributed by atoms with E-state index in [1.807, 2.05) is 48.5 Å². The molecule has 5 rings (SSSR count). The molecule has 32 heavy (non-hydrogen) atoms. The molecule has 1 aliphatic rings. The zero-order valence-electron chi connectivity index (χ0n) is 17.6. The summed E-state index contributed by atoms with van der Waals surface area (Å²) in [7, 11) is 0. The molecule has 1 amide bonds. The fourth-order valence-corrected chi connectivity index (χ4v) is 3.86. The van der Waals surface area contributed by atoms with Crippen LogP contribution in [0.25, 0.3) is 10.9 Å². The van der Waals surface area contributed by atoms with Gasteiger partial charge >= 0.3 is 0 Å². The first-order valence-corrected chi connectivity index (χ1v) is 10.8. The van der Waals surface area contributed by atoms with Crippen LogP contribution in [0.15, 0.2) is 66.0 Å². The molecule has 0 unspecified atom stereocenters. The molecule has 1 saturated carbocycles. The van der Waals surface area contributed by atoms with Crippen LogP contribution in [0.3, 0.4) is 0 Å². The van der Waals surface area contributed by atoms with Gasteiger partial charge in [0.15, 0.2) is 0 Å². The standard InChI is InChI=1S/C24H24N6O2/c31-23(26-13-17-5-7-18(8-6-17)14-29-16-25-15-27-29)12-11-22-28-21-4-2-1-3-20(21)24(32)30(22)19-9-10-19/h1-8,15-16,19H,9-14H2,(H,26,31). The maximum atomic E-state index is 12.9. The third kappa shape index (κ3) is 4.44. The summed E-state index contributed by atoms with van der Waals surface area (Å²) in [6.07, 6.45) is 5.92. The van der Waals surface area contributed by atoms with Crippen LogP contribution in [0.5, 0.6) is 0 Å². The summed E-state index contributed by atoms with van der Waals surface area (Å²) in [5.74, 6) is 0.644.